The van der Waals surface area contributed by atoms with Gasteiger partial charge in [-0.05, 0) is 67.8 Å². The molecule has 0 spiro atoms. The second-order valence-electron chi connectivity index (χ2n) is 6.84. The summed E-state index contributed by atoms with van der Waals surface area (Å²) in [5, 5.41) is 13.9. The molecule has 3 rings (SSSR count). The fourth-order valence-corrected chi connectivity index (χ4v) is 5.10. The van der Waals surface area contributed by atoms with Crippen molar-refractivity contribution in [1.29, 1.82) is 5.26 Å². The quantitative estimate of drug-likeness (QED) is 0.785. The number of rotatable bonds is 4. The Balaban J connectivity index is 1.49. The van der Waals surface area contributed by atoms with E-state index in [1.807, 2.05) is 43.3 Å². The summed E-state index contributed by atoms with van der Waals surface area (Å²) in [6, 6.07) is 15.8. The molecule has 2 aromatic rings. The Morgan fingerprint density at radius 3 is 2.46 bits per heavy atom. The van der Waals surface area contributed by atoms with Crippen LogP contribution >= 0.6 is 20.2 Å². The maximum atomic E-state index is 12.3. The highest BCUT2D eigenvalue weighted by Crippen LogP contribution is 2.33. The Kier molecular flexibility index (Phi) is 6.30. The number of hydrogen-bond donors (Lipinski definition) is 1. The fraction of sp³-hybridized carbons (Fsp3) is 0.333. The molecule has 26 heavy (non-hydrogen) atoms. The predicted molar refractivity (Wildman–Crippen MR) is 109 cm³/mol. The first-order valence-electron chi connectivity index (χ1n) is 8.89. The number of carbonyl (C=O) groups is 1. The van der Waals surface area contributed by atoms with Crippen LogP contribution in [0.2, 0.25) is 5.02 Å². The number of benzene rings is 2. The van der Waals surface area contributed by atoms with Gasteiger partial charge < -0.3 is 5.32 Å². The van der Waals surface area contributed by atoms with Gasteiger partial charge in [0.25, 0.3) is 5.91 Å². The lowest BCUT2D eigenvalue weighted by Crippen LogP contribution is -2.38. The second kappa shape index (κ2) is 8.67. The Morgan fingerprint density at radius 1 is 1.15 bits per heavy atom. The molecule has 0 bridgehead atoms. The van der Waals surface area contributed by atoms with Crippen molar-refractivity contribution in [2.75, 3.05) is 0 Å². The van der Waals surface area contributed by atoms with E-state index in [0.717, 1.165) is 36.8 Å². The molecule has 1 amide bonds. The first-order valence-corrected chi connectivity index (χ1v) is 10.3. The normalized spacial score (nSPS) is 20.0. The topological polar surface area (TPSA) is 52.9 Å². The van der Waals surface area contributed by atoms with Gasteiger partial charge in [-0.2, -0.15) is 5.26 Å². The molecule has 0 heterocycles. The number of amides is 1. The second-order valence-corrected chi connectivity index (χ2v) is 8.93. The molecule has 1 aliphatic carbocycles. The van der Waals surface area contributed by atoms with Crippen LogP contribution in [0, 0.1) is 18.3 Å². The summed E-state index contributed by atoms with van der Waals surface area (Å²) < 4.78 is 0. The average molecular weight is 385 g/mol. The van der Waals surface area contributed by atoms with Gasteiger partial charge in [0.05, 0.1) is 10.6 Å². The van der Waals surface area contributed by atoms with E-state index in [4.69, 9.17) is 16.9 Å². The maximum Gasteiger partial charge on any atom is 0.251 e. The smallest absolute Gasteiger partial charge is 0.251 e. The van der Waals surface area contributed by atoms with E-state index < -0.39 is 0 Å². The molecule has 2 aromatic carbocycles. The Bertz CT molecular complexity index is 821. The van der Waals surface area contributed by atoms with E-state index in [-0.39, 0.29) is 11.9 Å². The van der Waals surface area contributed by atoms with Crippen LogP contribution in [0.15, 0.2) is 42.5 Å². The van der Waals surface area contributed by atoms with Crippen molar-refractivity contribution in [3.05, 3.63) is 64.2 Å². The Morgan fingerprint density at radius 2 is 1.85 bits per heavy atom. The lowest BCUT2D eigenvalue weighted by atomic mass is 9.94. The zero-order chi connectivity index (χ0) is 18.5. The molecule has 134 valence electrons. The van der Waals surface area contributed by atoms with Gasteiger partial charge in [-0.1, -0.05) is 43.9 Å². The number of aryl methyl sites for hydroxylation is 1. The molecular formula is C21H22ClN2OP. The lowest BCUT2D eigenvalue weighted by Gasteiger charge is -2.29. The van der Waals surface area contributed by atoms with Crippen LogP contribution in [0.5, 0.6) is 0 Å². The van der Waals surface area contributed by atoms with Gasteiger partial charge in [-0.15, -0.1) is 0 Å². The molecule has 1 atom stereocenters. The third kappa shape index (κ3) is 4.85. The highest BCUT2D eigenvalue weighted by atomic mass is 35.5. The van der Waals surface area contributed by atoms with Crippen LogP contribution in [-0.2, 0) is 0 Å². The third-order valence-corrected chi connectivity index (χ3v) is 6.78. The van der Waals surface area contributed by atoms with Crippen LogP contribution in [0.1, 0.15) is 47.2 Å². The van der Waals surface area contributed by atoms with Crippen LogP contribution in [0.25, 0.3) is 0 Å². The van der Waals surface area contributed by atoms with Crippen LogP contribution in [0.4, 0.5) is 0 Å². The molecule has 1 N–H and O–H groups in total. The van der Waals surface area contributed by atoms with Crippen molar-refractivity contribution >= 4 is 31.4 Å². The van der Waals surface area contributed by atoms with E-state index in [2.05, 4.69) is 11.4 Å². The van der Waals surface area contributed by atoms with E-state index in [0.29, 0.717) is 24.8 Å². The zero-order valence-electron chi connectivity index (χ0n) is 14.8. The molecule has 0 saturated heterocycles. The zero-order valence-corrected chi connectivity index (χ0v) is 16.5. The predicted octanol–water partition coefficient (Wildman–Crippen LogP) is 4.57. The molecule has 0 radical (unpaired) electrons. The number of nitriles is 1. The van der Waals surface area contributed by atoms with Gasteiger partial charge in [0, 0.05) is 11.6 Å². The molecule has 5 heteroatoms. The Hall–Kier alpha value is -1.88. The average Bonchev–Trinajstić information content (AvgIpc) is 2.64. The van der Waals surface area contributed by atoms with E-state index >= 15 is 0 Å². The largest absolute Gasteiger partial charge is 0.349 e. The first kappa shape index (κ1) is 18.9. The maximum absolute atomic E-state index is 12.3. The summed E-state index contributed by atoms with van der Waals surface area (Å²) in [5.41, 5.74) is 3.05. The number of hydrogen-bond acceptors (Lipinski definition) is 2. The summed E-state index contributed by atoms with van der Waals surface area (Å²) in [5.74, 6) is 0.0229. The highest BCUT2D eigenvalue weighted by molar-refractivity contribution is 7.48. The van der Waals surface area contributed by atoms with Gasteiger partial charge in [-0.3, -0.25) is 4.79 Å². The number of nitrogens with zero attached hydrogens (tertiary/aromatic N) is 1. The van der Waals surface area contributed by atoms with E-state index in [1.54, 1.807) is 6.07 Å². The minimum absolute atomic E-state index is 0.0229. The van der Waals surface area contributed by atoms with Gasteiger partial charge in [0.1, 0.15) is 6.07 Å². The van der Waals surface area contributed by atoms with Crippen LogP contribution in [-0.4, -0.2) is 17.6 Å². The first-order chi connectivity index (χ1) is 12.5. The molecule has 1 aliphatic rings. The standard InChI is InChI=1S/C21H22ClN2OP/c1-14-2-4-15(5-3-14)21(25)24-17-7-10-18(11-8-17)26-19-9-6-16(13-23)20(22)12-19/h2-6,9,12,17-18,26H,7-8,10-11H2,1H3,(H,24,25)/t17-,18-. The molecule has 1 saturated carbocycles. The molecule has 3 nitrogen and oxygen atoms in total. The number of carbonyl (C=O) groups excluding carboxylic acids is 1. The third-order valence-electron chi connectivity index (χ3n) is 4.84. The lowest BCUT2D eigenvalue weighted by molar-refractivity contribution is 0.0928. The number of nitrogens with one attached hydrogen (secondary N) is 1. The van der Waals surface area contributed by atoms with E-state index in [9.17, 15) is 4.79 Å². The Labute approximate surface area is 161 Å². The minimum atomic E-state index is 0.0229. The van der Waals surface area contributed by atoms with Crippen molar-refractivity contribution in [1.82, 2.24) is 5.32 Å². The monoisotopic (exact) mass is 384 g/mol. The summed E-state index contributed by atoms with van der Waals surface area (Å²) in [6.07, 6.45) is 4.24. The summed E-state index contributed by atoms with van der Waals surface area (Å²) in [4.78, 5) is 12.3. The molecule has 0 aliphatic heterocycles. The SMILES string of the molecule is Cc1ccc(C(=O)N[C@H]2CC[C@H](Pc3ccc(C#N)c(Cl)c3)CC2)cc1. The van der Waals surface area contributed by atoms with Crippen LogP contribution < -0.4 is 10.6 Å². The van der Waals surface area contributed by atoms with E-state index in [1.165, 1.54) is 5.30 Å². The summed E-state index contributed by atoms with van der Waals surface area (Å²) in [6.45, 7) is 2.02. The molecular weight excluding hydrogens is 363 g/mol. The van der Waals surface area contributed by atoms with Gasteiger partial charge in [0.2, 0.25) is 0 Å². The fourth-order valence-electron chi connectivity index (χ4n) is 3.29. The van der Waals surface area contributed by atoms with Gasteiger partial charge >= 0.3 is 0 Å². The number of halogens is 1. The van der Waals surface area contributed by atoms with Gasteiger partial charge in [-0.25, -0.2) is 0 Å². The summed E-state index contributed by atoms with van der Waals surface area (Å²) in [7, 11) is 0.698. The van der Waals surface area contributed by atoms with Crippen molar-refractivity contribution in [2.24, 2.45) is 0 Å². The summed E-state index contributed by atoms with van der Waals surface area (Å²) >= 11 is 6.13. The van der Waals surface area contributed by atoms with Crippen molar-refractivity contribution in [3.8, 4) is 6.07 Å². The van der Waals surface area contributed by atoms with Crippen molar-refractivity contribution < 1.29 is 4.79 Å². The highest BCUT2D eigenvalue weighted by Gasteiger charge is 2.23. The molecule has 1 unspecified atom stereocenters. The minimum Gasteiger partial charge on any atom is -0.349 e. The van der Waals surface area contributed by atoms with Crippen molar-refractivity contribution in [3.63, 3.8) is 0 Å². The van der Waals surface area contributed by atoms with Gasteiger partial charge in [0.15, 0.2) is 0 Å². The van der Waals surface area contributed by atoms with Crippen molar-refractivity contribution in [2.45, 2.75) is 44.3 Å². The molecule has 1 fully saturated rings. The molecule has 0 aromatic heterocycles. The van der Waals surface area contributed by atoms with Crippen LogP contribution in [0.3, 0.4) is 0 Å².